The predicted octanol–water partition coefficient (Wildman–Crippen LogP) is 7.23. The summed E-state index contributed by atoms with van der Waals surface area (Å²) >= 11 is 8.13. The minimum atomic E-state index is -0.538. The van der Waals surface area contributed by atoms with Crippen LogP contribution in [0.15, 0.2) is 54.6 Å². The molecule has 3 aliphatic rings. The van der Waals surface area contributed by atoms with Crippen LogP contribution in [0.2, 0.25) is 5.02 Å². The third-order valence-electron chi connectivity index (χ3n) is 10.2. The number of nitrogens with two attached hydrogens (primary N) is 2. The molecule has 2 amide bonds. The Morgan fingerprint density at radius 3 is 2.47 bits per heavy atom. The summed E-state index contributed by atoms with van der Waals surface area (Å²) in [4.78, 5) is 28.7. The molecule has 45 heavy (non-hydrogen) atoms. The standard InChI is InChI=1S/C36H35ClN4O3S/c1-18-32-30(44-2)14-24(36(43)41-17-23-8-10-27(41)33(23)38)15-31(32)45-34(18)29-13-22-6-5-21(12-28(22)40(29)16-19-3-4-19)20-7-9-25(35(39)42)26(37)11-20/h5-7,9,11-15,19,23,27,33H,3-4,8,10,16-17,38H2,1-2H3,(H2,39,42)/t23?,27?,33-/m1/s1. The molecule has 1 aliphatic heterocycles. The van der Waals surface area contributed by atoms with E-state index in [1.54, 1.807) is 30.6 Å². The highest BCUT2D eigenvalue weighted by atomic mass is 35.5. The van der Waals surface area contributed by atoms with Crippen LogP contribution in [0, 0.1) is 18.8 Å². The number of piperidine rings is 1. The van der Waals surface area contributed by atoms with Crippen LogP contribution in [0.4, 0.5) is 0 Å². The van der Waals surface area contributed by atoms with Crippen LogP contribution in [0.25, 0.3) is 42.7 Å². The number of carbonyl (C=O) groups excluding carboxylic acids is 2. The minimum absolute atomic E-state index is 0.0461. The first kappa shape index (κ1) is 28.6. The van der Waals surface area contributed by atoms with Gasteiger partial charge in [0.2, 0.25) is 5.91 Å². The number of amides is 2. The molecular weight excluding hydrogens is 604 g/mol. The number of hydrogen-bond donors (Lipinski definition) is 2. The van der Waals surface area contributed by atoms with Crippen LogP contribution in [0.3, 0.4) is 0 Å². The number of likely N-dealkylation sites (tertiary alicyclic amines) is 1. The molecular formula is C36H35ClN4O3S. The maximum absolute atomic E-state index is 13.8. The van der Waals surface area contributed by atoms with E-state index in [1.807, 2.05) is 23.1 Å². The number of primary amides is 1. The number of fused-ring (bicyclic) bond motifs is 4. The second-order valence-electron chi connectivity index (χ2n) is 13.0. The Morgan fingerprint density at radius 2 is 1.80 bits per heavy atom. The quantitative estimate of drug-likeness (QED) is 0.196. The van der Waals surface area contributed by atoms with Crippen molar-refractivity contribution in [3.63, 3.8) is 0 Å². The molecule has 2 aromatic heterocycles. The molecule has 7 nitrogen and oxygen atoms in total. The number of aromatic nitrogens is 1. The summed E-state index contributed by atoms with van der Waals surface area (Å²) in [6.07, 6.45) is 4.56. The van der Waals surface area contributed by atoms with Gasteiger partial charge in [0, 0.05) is 51.7 Å². The minimum Gasteiger partial charge on any atom is -0.496 e. The highest BCUT2D eigenvalue weighted by Crippen LogP contribution is 2.46. The van der Waals surface area contributed by atoms with Crippen molar-refractivity contribution in [2.24, 2.45) is 23.3 Å². The van der Waals surface area contributed by atoms with Gasteiger partial charge in [-0.3, -0.25) is 9.59 Å². The van der Waals surface area contributed by atoms with Gasteiger partial charge in [-0.15, -0.1) is 11.3 Å². The van der Waals surface area contributed by atoms with Crippen molar-refractivity contribution in [3.8, 4) is 27.4 Å². The van der Waals surface area contributed by atoms with E-state index in [4.69, 9.17) is 27.8 Å². The molecule has 230 valence electrons. The molecule has 2 unspecified atom stereocenters. The summed E-state index contributed by atoms with van der Waals surface area (Å²) in [5.74, 6) is 1.30. The van der Waals surface area contributed by atoms with E-state index in [0.717, 1.165) is 69.4 Å². The zero-order valence-corrected chi connectivity index (χ0v) is 26.9. The maximum atomic E-state index is 13.8. The van der Waals surface area contributed by atoms with Crippen molar-refractivity contribution in [1.82, 2.24) is 9.47 Å². The van der Waals surface area contributed by atoms with Gasteiger partial charge in [-0.1, -0.05) is 29.8 Å². The van der Waals surface area contributed by atoms with Crippen molar-refractivity contribution < 1.29 is 14.3 Å². The third kappa shape index (κ3) is 4.65. The highest BCUT2D eigenvalue weighted by Gasteiger charge is 2.47. The first-order valence-electron chi connectivity index (χ1n) is 15.6. The molecule has 3 fully saturated rings. The summed E-state index contributed by atoms with van der Waals surface area (Å²) in [6.45, 7) is 3.84. The Labute approximate surface area is 270 Å². The van der Waals surface area contributed by atoms with E-state index in [1.165, 1.54) is 23.4 Å². The second kappa shape index (κ2) is 10.6. The van der Waals surface area contributed by atoms with Gasteiger partial charge in [0.25, 0.3) is 5.91 Å². The average molecular weight is 639 g/mol. The molecule has 0 radical (unpaired) electrons. The van der Waals surface area contributed by atoms with Gasteiger partial charge in [0.05, 0.1) is 28.3 Å². The molecule has 0 spiro atoms. The number of methoxy groups -OCH3 is 1. The zero-order chi connectivity index (χ0) is 31.1. The van der Waals surface area contributed by atoms with Crippen molar-refractivity contribution in [2.45, 2.75) is 51.2 Å². The van der Waals surface area contributed by atoms with E-state index in [9.17, 15) is 9.59 Å². The molecule has 2 aliphatic carbocycles. The first-order chi connectivity index (χ1) is 21.7. The summed E-state index contributed by atoms with van der Waals surface area (Å²) in [5, 5.41) is 2.57. The van der Waals surface area contributed by atoms with Gasteiger partial charge in [-0.2, -0.15) is 0 Å². The van der Waals surface area contributed by atoms with Crippen molar-refractivity contribution in [3.05, 3.63) is 76.3 Å². The van der Waals surface area contributed by atoms with Gasteiger partial charge < -0.3 is 25.7 Å². The molecule has 4 N–H and O–H groups in total. The SMILES string of the molecule is COc1cc(C(=O)N2CC3CCC2[C@@H]3N)cc2sc(-c3cc4ccc(-c5ccc(C(N)=O)c(Cl)c5)cc4n3CC3CC3)c(C)c12. The largest absolute Gasteiger partial charge is 0.496 e. The van der Waals surface area contributed by atoms with Gasteiger partial charge in [0.1, 0.15) is 5.75 Å². The van der Waals surface area contributed by atoms with Crippen LogP contribution >= 0.6 is 22.9 Å². The number of halogens is 1. The van der Waals surface area contributed by atoms with Crippen molar-refractivity contribution >= 4 is 55.7 Å². The molecule has 3 aromatic carbocycles. The van der Waals surface area contributed by atoms with Crippen molar-refractivity contribution in [1.29, 1.82) is 0 Å². The number of aryl methyl sites for hydroxylation is 1. The first-order valence-corrected chi connectivity index (χ1v) is 16.8. The van der Waals surface area contributed by atoms with Gasteiger partial charge in [0.15, 0.2) is 0 Å². The summed E-state index contributed by atoms with van der Waals surface area (Å²) < 4.78 is 9.42. The van der Waals surface area contributed by atoms with Crippen LogP contribution in [0.1, 0.15) is 52.0 Å². The fraction of sp³-hybridized carbons (Fsp3) is 0.333. The van der Waals surface area contributed by atoms with Crippen molar-refractivity contribution in [2.75, 3.05) is 13.7 Å². The number of benzene rings is 3. The average Bonchev–Trinajstić information content (AvgIpc) is 3.44. The summed E-state index contributed by atoms with van der Waals surface area (Å²) in [5.41, 5.74) is 18.3. The van der Waals surface area contributed by atoms with Gasteiger partial charge in [-0.25, -0.2) is 0 Å². The number of rotatable bonds is 7. The van der Waals surface area contributed by atoms with E-state index in [2.05, 4.69) is 35.8 Å². The fourth-order valence-corrected chi connectivity index (χ4v) is 9.15. The smallest absolute Gasteiger partial charge is 0.254 e. The Bertz CT molecular complexity index is 2040. The molecule has 1 saturated heterocycles. The number of hydrogen-bond acceptors (Lipinski definition) is 5. The highest BCUT2D eigenvalue weighted by molar-refractivity contribution is 7.22. The normalized spacial score (nSPS) is 20.9. The van der Waals surface area contributed by atoms with Crippen LogP contribution < -0.4 is 16.2 Å². The number of thiophene rings is 1. The Balaban J connectivity index is 1.23. The molecule has 2 saturated carbocycles. The lowest BCUT2D eigenvalue weighted by Crippen LogP contribution is -2.41. The third-order valence-corrected chi connectivity index (χ3v) is 11.8. The topological polar surface area (TPSA) is 104 Å². The lowest BCUT2D eigenvalue weighted by atomic mass is 10.0. The molecule has 8 rings (SSSR count). The fourth-order valence-electron chi connectivity index (χ4n) is 7.59. The van der Waals surface area contributed by atoms with Gasteiger partial charge >= 0.3 is 0 Å². The van der Waals surface area contributed by atoms with E-state index in [0.29, 0.717) is 28.0 Å². The Morgan fingerprint density at radius 1 is 1.02 bits per heavy atom. The van der Waals surface area contributed by atoms with Gasteiger partial charge in [-0.05, 0) is 97.5 Å². The van der Waals surface area contributed by atoms with E-state index >= 15 is 0 Å². The Hall–Kier alpha value is -3.85. The second-order valence-corrected chi connectivity index (χ2v) is 14.4. The predicted molar refractivity (Wildman–Crippen MR) is 181 cm³/mol. The molecule has 2 bridgehead atoms. The zero-order valence-electron chi connectivity index (χ0n) is 25.3. The van der Waals surface area contributed by atoms with E-state index in [-0.39, 0.29) is 18.0 Å². The van der Waals surface area contributed by atoms with Crippen LogP contribution in [-0.4, -0.2) is 47.0 Å². The molecule has 5 aromatic rings. The Kier molecular flexibility index (Phi) is 6.75. The maximum Gasteiger partial charge on any atom is 0.254 e. The molecule has 3 atom stereocenters. The summed E-state index contributed by atoms with van der Waals surface area (Å²) in [6, 6.07) is 18.3. The van der Waals surface area contributed by atoms with E-state index < -0.39 is 5.91 Å². The molecule has 9 heteroatoms. The van der Waals surface area contributed by atoms with Crippen LogP contribution in [-0.2, 0) is 6.54 Å². The van der Waals surface area contributed by atoms with Crippen LogP contribution in [0.5, 0.6) is 5.75 Å². The lowest BCUT2D eigenvalue weighted by molar-refractivity contribution is 0.0700. The number of ether oxygens (including phenoxy) is 1. The number of carbonyl (C=O) groups is 2. The summed E-state index contributed by atoms with van der Waals surface area (Å²) in [7, 11) is 1.68. The molecule has 3 heterocycles. The monoisotopic (exact) mass is 638 g/mol. The number of nitrogens with zero attached hydrogens (tertiary/aromatic N) is 2. The lowest BCUT2D eigenvalue weighted by Gasteiger charge is -2.27.